The first kappa shape index (κ1) is 16.8. The van der Waals surface area contributed by atoms with Crippen LogP contribution in [0.4, 0.5) is 0 Å². The number of aromatic nitrogens is 4. The van der Waals surface area contributed by atoms with Crippen LogP contribution in [0, 0.1) is 0 Å². The first-order valence-electron chi connectivity index (χ1n) is 8.37. The molecule has 0 aliphatic heterocycles. The second-order valence-corrected chi connectivity index (χ2v) is 6.73. The molecular formula is C19H18ClN5O. The van der Waals surface area contributed by atoms with Gasteiger partial charge in [-0.2, -0.15) is 0 Å². The molecule has 2 aromatic heterocycles. The fraction of sp³-hybridized carbons (Fsp3) is 0.211. The highest BCUT2D eigenvalue weighted by Gasteiger charge is 2.15. The van der Waals surface area contributed by atoms with Crippen LogP contribution < -0.4 is 10.9 Å². The number of halogens is 1. The minimum atomic E-state index is -0.0766. The molecule has 132 valence electrons. The molecule has 1 N–H and O–H groups in total. The quantitative estimate of drug-likeness (QED) is 0.602. The van der Waals surface area contributed by atoms with Crippen LogP contribution in [0.1, 0.15) is 24.4 Å². The molecule has 0 radical (unpaired) electrons. The Kier molecular flexibility index (Phi) is 4.22. The van der Waals surface area contributed by atoms with Crippen molar-refractivity contribution in [2.45, 2.75) is 19.5 Å². The lowest BCUT2D eigenvalue weighted by molar-refractivity contribution is 0.557. The number of benzene rings is 2. The van der Waals surface area contributed by atoms with E-state index in [-0.39, 0.29) is 11.6 Å². The Balaban J connectivity index is 1.73. The smallest absolute Gasteiger partial charge is 0.262 e. The van der Waals surface area contributed by atoms with Crippen molar-refractivity contribution in [1.82, 2.24) is 24.5 Å². The van der Waals surface area contributed by atoms with Crippen molar-refractivity contribution < 1.29 is 0 Å². The molecule has 2 heterocycles. The number of hydrogen-bond donors (Lipinski definition) is 1. The zero-order valence-corrected chi connectivity index (χ0v) is 15.2. The molecule has 0 bridgehead atoms. The van der Waals surface area contributed by atoms with Crippen LogP contribution >= 0.6 is 11.6 Å². The Morgan fingerprint density at radius 3 is 2.77 bits per heavy atom. The van der Waals surface area contributed by atoms with Gasteiger partial charge in [0.2, 0.25) is 5.78 Å². The largest absolute Gasteiger partial charge is 0.303 e. The fourth-order valence-corrected chi connectivity index (χ4v) is 3.34. The van der Waals surface area contributed by atoms with Crippen LogP contribution in [0.15, 0.2) is 53.3 Å². The summed E-state index contributed by atoms with van der Waals surface area (Å²) in [6.07, 6.45) is 0. The van der Waals surface area contributed by atoms with Crippen LogP contribution in [-0.4, -0.2) is 19.2 Å². The van der Waals surface area contributed by atoms with Crippen LogP contribution in [0.2, 0.25) is 5.02 Å². The number of rotatable bonds is 4. The van der Waals surface area contributed by atoms with E-state index >= 15 is 0 Å². The van der Waals surface area contributed by atoms with Gasteiger partial charge in [0, 0.05) is 18.1 Å². The highest BCUT2D eigenvalue weighted by atomic mass is 35.5. The van der Waals surface area contributed by atoms with Crippen molar-refractivity contribution in [3.8, 4) is 0 Å². The van der Waals surface area contributed by atoms with Crippen molar-refractivity contribution in [3.63, 3.8) is 0 Å². The maximum atomic E-state index is 12.5. The molecule has 0 saturated heterocycles. The number of fused-ring (bicyclic) bond motifs is 3. The molecule has 0 aliphatic carbocycles. The third-order valence-electron chi connectivity index (χ3n) is 4.61. The van der Waals surface area contributed by atoms with Crippen molar-refractivity contribution >= 4 is 28.3 Å². The lowest BCUT2D eigenvalue weighted by Gasteiger charge is -2.14. The fourth-order valence-electron chi connectivity index (χ4n) is 3.14. The topological polar surface area (TPSA) is 64.2 Å². The van der Waals surface area contributed by atoms with Crippen molar-refractivity contribution in [2.24, 2.45) is 7.05 Å². The number of aryl methyl sites for hydroxylation is 1. The van der Waals surface area contributed by atoms with Gasteiger partial charge in [-0.25, -0.2) is 0 Å². The molecule has 0 saturated carbocycles. The van der Waals surface area contributed by atoms with E-state index in [2.05, 4.69) is 22.4 Å². The number of nitrogens with zero attached hydrogens (tertiary/aromatic N) is 4. The Morgan fingerprint density at radius 2 is 1.96 bits per heavy atom. The SMILES string of the molecule is CC(NCc1nnc2n(C)c(=O)c3ccccc3n12)c1cccc(Cl)c1. The highest BCUT2D eigenvalue weighted by Crippen LogP contribution is 2.18. The average Bonchev–Trinajstić information content (AvgIpc) is 3.08. The summed E-state index contributed by atoms with van der Waals surface area (Å²) < 4.78 is 3.45. The van der Waals surface area contributed by atoms with E-state index in [1.807, 2.05) is 52.9 Å². The summed E-state index contributed by atoms with van der Waals surface area (Å²) in [4.78, 5) is 12.5. The molecule has 1 unspecified atom stereocenters. The Bertz CT molecular complexity index is 1160. The van der Waals surface area contributed by atoms with Gasteiger partial charge in [-0.1, -0.05) is 35.9 Å². The molecule has 6 nitrogen and oxygen atoms in total. The molecule has 0 aliphatic rings. The third kappa shape index (κ3) is 2.77. The maximum Gasteiger partial charge on any atom is 0.262 e. The van der Waals surface area contributed by atoms with E-state index in [1.54, 1.807) is 7.05 Å². The first-order chi connectivity index (χ1) is 12.6. The second-order valence-electron chi connectivity index (χ2n) is 6.29. The molecule has 7 heteroatoms. The average molecular weight is 368 g/mol. The van der Waals surface area contributed by atoms with Gasteiger partial charge in [-0.15, -0.1) is 10.2 Å². The molecule has 1 atom stereocenters. The second kappa shape index (κ2) is 6.55. The van der Waals surface area contributed by atoms with Crippen molar-refractivity contribution in [2.75, 3.05) is 0 Å². The zero-order valence-electron chi connectivity index (χ0n) is 14.5. The zero-order chi connectivity index (χ0) is 18.3. The predicted octanol–water partition coefficient (Wildman–Crippen LogP) is 3.09. The molecular weight excluding hydrogens is 350 g/mol. The lowest BCUT2D eigenvalue weighted by atomic mass is 10.1. The standard InChI is InChI=1S/C19H18ClN5O/c1-12(13-6-5-7-14(20)10-13)21-11-17-22-23-19-24(2)18(26)15-8-3-4-9-16(15)25(17)19/h3-10,12,21H,11H2,1-2H3. The third-order valence-corrected chi connectivity index (χ3v) is 4.84. The van der Waals surface area contributed by atoms with E-state index in [4.69, 9.17) is 11.6 Å². The van der Waals surface area contributed by atoms with E-state index in [9.17, 15) is 4.79 Å². The molecule has 4 aromatic rings. The van der Waals surface area contributed by atoms with Gasteiger partial charge in [0.25, 0.3) is 5.56 Å². The summed E-state index contributed by atoms with van der Waals surface area (Å²) in [5.41, 5.74) is 1.83. The van der Waals surface area contributed by atoms with Gasteiger partial charge >= 0.3 is 0 Å². The summed E-state index contributed by atoms with van der Waals surface area (Å²) in [5.74, 6) is 1.28. The van der Waals surface area contributed by atoms with Gasteiger partial charge < -0.3 is 5.32 Å². The summed E-state index contributed by atoms with van der Waals surface area (Å²) in [7, 11) is 1.71. The van der Waals surface area contributed by atoms with E-state index in [0.717, 1.165) is 16.9 Å². The van der Waals surface area contributed by atoms with Crippen molar-refractivity contribution in [1.29, 1.82) is 0 Å². The molecule has 2 aromatic carbocycles. The Labute approximate surface area is 155 Å². The van der Waals surface area contributed by atoms with E-state index < -0.39 is 0 Å². The van der Waals surface area contributed by atoms with Crippen LogP contribution in [0.3, 0.4) is 0 Å². The molecule has 0 spiro atoms. The first-order valence-corrected chi connectivity index (χ1v) is 8.74. The Morgan fingerprint density at radius 1 is 1.15 bits per heavy atom. The summed E-state index contributed by atoms with van der Waals surface area (Å²) >= 11 is 6.08. The highest BCUT2D eigenvalue weighted by molar-refractivity contribution is 6.30. The van der Waals surface area contributed by atoms with Gasteiger partial charge in [0.15, 0.2) is 5.82 Å². The van der Waals surface area contributed by atoms with Crippen LogP contribution in [0.25, 0.3) is 16.7 Å². The Hall–Kier alpha value is -2.70. The summed E-state index contributed by atoms with van der Waals surface area (Å²) in [6.45, 7) is 2.58. The van der Waals surface area contributed by atoms with Gasteiger partial charge in [-0.05, 0) is 36.8 Å². The summed E-state index contributed by atoms with van der Waals surface area (Å²) in [5, 5.41) is 13.3. The predicted molar refractivity (Wildman–Crippen MR) is 102 cm³/mol. The van der Waals surface area contributed by atoms with Gasteiger partial charge in [-0.3, -0.25) is 13.8 Å². The molecule has 0 fully saturated rings. The van der Waals surface area contributed by atoms with Crippen LogP contribution in [0.5, 0.6) is 0 Å². The lowest BCUT2D eigenvalue weighted by Crippen LogP contribution is -2.22. The normalized spacial score (nSPS) is 12.7. The monoisotopic (exact) mass is 367 g/mol. The van der Waals surface area contributed by atoms with Gasteiger partial charge in [0.1, 0.15) is 0 Å². The molecule has 0 amide bonds. The molecule has 4 rings (SSSR count). The van der Waals surface area contributed by atoms with E-state index in [0.29, 0.717) is 22.7 Å². The maximum absolute atomic E-state index is 12.5. The van der Waals surface area contributed by atoms with Crippen LogP contribution in [-0.2, 0) is 13.6 Å². The van der Waals surface area contributed by atoms with E-state index in [1.165, 1.54) is 4.57 Å². The molecule has 26 heavy (non-hydrogen) atoms. The minimum Gasteiger partial charge on any atom is -0.303 e. The van der Waals surface area contributed by atoms with Crippen molar-refractivity contribution in [3.05, 3.63) is 75.3 Å². The van der Waals surface area contributed by atoms with Gasteiger partial charge in [0.05, 0.1) is 17.4 Å². The number of nitrogens with one attached hydrogen (secondary N) is 1. The summed E-state index contributed by atoms with van der Waals surface area (Å²) in [6, 6.07) is 15.4. The number of hydrogen-bond acceptors (Lipinski definition) is 4. The minimum absolute atomic E-state index is 0.0766. The number of para-hydroxylation sites is 1.